The lowest BCUT2D eigenvalue weighted by atomic mass is 10.1. The first kappa shape index (κ1) is 14.0. The maximum atomic E-state index is 13.0. The Bertz CT molecular complexity index is 806. The lowest BCUT2D eigenvalue weighted by molar-refractivity contribution is -0.385. The van der Waals surface area contributed by atoms with Crippen molar-refractivity contribution >= 4 is 17.1 Å². The second-order valence-electron chi connectivity index (χ2n) is 4.03. The van der Waals surface area contributed by atoms with Gasteiger partial charge in [-0.15, -0.1) is 0 Å². The first-order valence-electron chi connectivity index (χ1n) is 5.70. The Labute approximate surface area is 118 Å². The SMILES string of the molecule is N#Cc1cc(F)ccc1Nc1ccc([N+](=O)[O-])c(C#N)c1. The summed E-state index contributed by atoms with van der Waals surface area (Å²) in [6, 6.07) is 11.1. The zero-order chi connectivity index (χ0) is 15.4. The first-order chi connectivity index (χ1) is 10.0. The minimum absolute atomic E-state index is 0.0897. The van der Waals surface area contributed by atoms with Gasteiger partial charge in [0, 0.05) is 11.8 Å². The van der Waals surface area contributed by atoms with Crippen LogP contribution in [0, 0.1) is 38.6 Å². The molecule has 1 N–H and O–H groups in total. The van der Waals surface area contributed by atoms with Crippen molar-refractivity contribution in [1.29, 1.82) is 10.5 Å². The fourth-order valence-electron chi connectivity index (χ4n) is 1.74. The van der Waals surface area contributed by atoms with Gasteiger partial charge in [-0.3, -0.25) is 10.1 Å². The van der Waals surface area contributed by atoms with E-state index in [1.807, 2.05) is 6.07 Å². The number of benzene rings is 2. The molecule has 0 saturated carbocycles. The summed E-state index contributed by atoms with van der Waals surface area (Å²) in [7, 11) is 0. The molecule has 0 amide bonds. The highest BCUT2D eigenvalue weighted by Crippen LogP contribution is 2.26. The summed E-state index contributed by atoms with van der Waals surface area (Å²) in [4.78, 5) is 10.1. The van der Waals surface area contributed by atoms with Gasteiger partial charge in [0.1, 0.15) is 23.5 Å². The van der Waals surface area contributed by atoms with Crippen molar-refractivity contribution < 1.29 is 9.31 Å². The molecule has 2 rings (SSSR count). The number of nitriles is 2. The summed E-state index contributed by atoms with van der Waals surface area (Å²) in [5.41, 5.74) is 0.414. The topological polar surface area (TPSA) is 103 Å². The number of anilines is 2. The van der Waals surface area contributed by atoms with Gasteiger partial charge in [0.05, 0.1) is 16.2 Å². The maximum absolute atomic E-state index is 13.0. The van der Waals surface area contributed by atoms with E-state index in [1.54, 1.807) is 6.07 Å². The number of nitrogens with zero attached hydrogens (tertiary/aromatic N) is 3. The summed E-state index contributed by atoms with van der Waals surface area (Å²) in [6.45, 7) is 0. The van der Waals surface area contributed by atoms with Crippen LogP contribution in [-0.2, 0) is 0 Å². The largest absolute Gasteiger partial charge is 0.354 e. The molecule has 7 heteroatoms. The zero-order valence-electron chi connectivity index (χ0n) is 10.5. The smallest absolute Gasteiger partial charge is 0.287 e. The molecule has 0 fully saturated rings. The highest BCUT2D eigenvalue weighted by molar-refractivity contribution is 5.69. The average molecular weight is 282 g/mol. The van der Waals surface area contributed by atoms with Crippen molar-refractivity contribution in [2.45, 2.75) is 0 Å². The van der Waals surface area contributed by atoms with Gasteiger partial charge in [-0.05, 0) is 30.3 Å². The summed E-state index contributed by atoms with van der Waals surface area (Å²) >= 11 is 0. The van der Waals surface area contributed by atoms with Gasteiger partial charge in [-0.1, -0.05) is 0 Å². The van der Waals surface area contributed by atoms with Crippen LogP contribution in [0.5, 0.6) is 0 Å². The number of hydrogen-bond acceptors (Lipinski definition) is 5. The minimum atomic E-state index is -0.652. The minimum Gasteiger partial charge on any atom is -0.354 e. The van der Waals surface area contributed by atoms with Crippen molar-refractivity contribution in [3.05, 3.63) is 63.5 Å². The zero-order valence-corrected chi connectivity index (χ0v) is 10.5. The first-order valence-corrected chi connectivity index (χ1v) is 5.70. The molecule has 0 spiro atoms. The van der Waals surface area contributed by atoms with Crippen molar-refractivity contribution in [1.82, 2.24) is 0 Å². The fraction of sp³-hybridized carbons (Fsp3) is 0. The third kappa shape index (κ3) is 2.94. The number of nitrogens with one attached hydrogen (secondary N) is 1. The Morgan fingerprint density at radius 2 is 1.81 bits per heavy atom. The molecule has 102 valence electrons. The van der Waals surface area contributed by atoms with Gasteiger partial charge in [0.2, 0.25) is 0 Å². The molecule has 0 bridgehead atoms. The van der Waals surface area contributed by atoms with E-state index in [2.05, 4.69) is 5.32 Å². The van der Waals surface area contributed by atoms with E-state index >= 15 is 0 Å². The van der Waals surface area contributed by atoms with Crippen LogP contribution in [0.3, 0.4) is 0 Å². The van der Waals surface area contributed by atoms with Gasteiger partial charge in [0.25, 0.3) is 5.69 Å². The van der Waals surface area contributed by atoms with E-state index in [1.165, 1.54) is 30.3 Å². The normalized spacial score (nSPS) is 9.48. The Hall–Kier alpha value is -3.45. The summed E-state index contributed by atoms with van der Waals surface area (Å²) in [5, 5.41) is 31.4. The second-order valence-corrected chi connectivity index (χ2v) is 4.03. The van der Waals surface area contributed by atoms with Gasteiger partial charge in [-0.25, -0.2) is 4.39 Å². The number of halogens is 1. The van der Waals surface area contributed by atoms with E-state index in [9.17, 15) is 14.5 Å². The molecule has 0 radical (unpaired) electrons. The van der Waals surface area contributed by atoms with Crippen LogP contribution in [0.15, 0.2) is 36.4 Å². The molecule has 0 atom stereocenters. The number of rotatable bonds is 3. The third-order valence-corrected chi connectivity index (χ3v) is 2.69. The van der Waals surface area contributed by atoms with Gasteiger partial charge in [-0.2, -0.15) is 10.5 Å². The molecule has 0 aliphatic rings. The quantitative estimate of drug-likeness (QED) is 0.687. The van der Waals surface area contributed by atoms with Crippen LogP contribution < -0.4 is 5.32 Å². The van der Waals surface area contributed by atoms with E-state index in [0.717, 1.165) is 6.07 Å². The Morgan fingerprint density at radius 1 is 1.10 bits per heavy atom. The number of nitro groups is 1. The molecule has 0 aliphatic carbocycles. The van der Waals surface area contributed by atoms with Crippen molar-refractivity contribution in [3.8, 4) is 12.1 Å². The fourth-order valence-corrected chi connectivity index (χ4v) is 1.74. The third-order valence-electron chi connectivity index (χ3n) is 2.69. The van der Waals surface area contributed by atoms with Crippen LogP contribution in [0.25, 0.3) is 0 Å². The molecule has 0 aliphatic heterocycles. The van der Waals surface area contributed by atoms with Crippen molar-refractivity contribution in [2.24, 2.45) is 0 Å². The van der Waals surface area contributed by atoms with Crippen LogP contribution in [0.4, 0.5) is 21.5 Å². The molecule has 2 aromatic carbocycles. The summed E-state index contributed by atoms with van der Waals surface area (Å²) < 4.78 is 13.0. The van der Waals surface area contributed by atoms with Crippen molar-refractivity contribution in [2.75, 3.05) is 5.32 Å². The molecular formula is C14H7FN4O2. The lowest BCUT2D eigenvalue weighted by Gasteiger charge is -2.08. The molecule has 0 unspecified atom stereocenters. The standard InChI is InChI=1S/C14H7FN4O2/c15-11-1-3-13(9(5-11)7-16)18-12-2-4-14(19(20)21)10(6-12)8-17/h1-6,18H. The van der Waals surface area contributed by atoms with Crippen LogP contribution in [-0.4, -0.2) is 4.92 Å². The molecule has 6 nitrogen and oxygen atoms in total. The Balaban J connectivity index is 2.40. The second kappa shape index (κ2) is 5.68. The maximum Gasteiger partial charge on any atom is 0.287 e. The van der Waals surface area contributed by atoms with Gasteiger partial charge >= 0.3 is 0 Å². The van der Waals surface area contributed by atoms with E-state index < -0.39 is 10.7 Å². The molecular weight excluding hydrogens is 275 g/mol. The Morgan fingerprint density at radius 3 is 2.43 bits per heavy atom. The number of hydrogen-bond donors (Lipinski definition) is 1. The van der Waals surface area contributed by atoms with Gasteiger partial charge < -0.3 is 5.32 Å². The summed E-state index contributed by atoms with van der Waals surface area (Å²) in [5.74, 6) is -0.543. The number of nitro benzene ring substituents is 1. The van der Waals surface area contributed by atoms with E-state index in [-0.39, 0.29) is 16.8 Å². The van der Waals surface area contributed by atoms with Gasteiger partial charge in [0.15, 0.2) is 0 Å². The molecule has 0 heterocycles. The molecule has 21 heavy (non-hydrogen) atoms. The highest BCUT2D eigenvalue weighted by Gasteiger charge is 2.14. The predicted octanol–water partition coefficient (Wildman–Crippen LogP) is 3.22. The van der Waals surface area contributed by atoms with Crippen LogP contribution in [0.1, 0.15) is 11.1 Å². The predicted molar refractivity (Wildman–Crippen MR) is 72.2 cm³/mol. The van der Waals surface area contributed by atoms with Crippen molar-refractivity contribution in [3.63, 3.8) is 0 Å². The monoisotopic (exact) mass is 282 g/mol. The summed E-state index contributed by atoms with van der Waals surface area (Å²) in [6.07, 6.45) is 0. The Kier molecular flexibility index (Phi) is 3.78. The molecule has 0 aromatic heterocycles. The molecule has 2 aromatic rings. The highest BCUT2D eigenvalue weighted by atomic mass is 19.1. The molecule has 0 saturated heterocycles. The van der Waals surface area contributed by atoms with Crippen LogP contribution in [0.2, 0.25) is 0 Å². The van der Waals surface area contributed by atoms with E-state index in [0.29, 0.717) is 11.4 Å². The van der Waals surface area contributed by atoms with E-state index in [4.69, 9.17) is 10.5 Å². The average Bonchev–Trinajstić information content (AvgIpc) is 2.48. The lowest BCUT2D eigenvalue weighted by Crippen LogP contribution is -1.97. The van der Waals surface area contributed by atoms with Crippen LogP contribution >= 0.6 is 0 Å².